The van der Waals surface area contributed by atoms with E-state index in [4.69, 9.17) is 0 Å². The zero-order valence-electron chi connectivity index (χ0n) is 11.1. The Morgan fingerprint density at radius 3 is 2.39 bits per heavy atom. The molecule has 1 aromatic rings. The van der Waals surface area contributed by atoms with Gasteiger partial charge in [0, 0.05) is 18.0 Å². The first-order chi connectivity index (χ1) is 8.40. The van der Waals surface area contributed by atoms with Gasteiger partial charge in [0.15, 0.2) is 0 Å². The van der Waals surface area contributed by atoms with Crippen LogP contribution in [0.5, 0.6) is 0 Å². The second-order valence-electron chi connectivity index (χ2n) is 4.58. The number of rotatable bonds is 7. The van der Waals surface area contributed by atoms with E-state index in [1.807, 2.05) is 30.8 Å². The molecule has 1 rings (SSSR count). The van der Waals surface area contributed by atoms with Crippen LogP contribution in [-0.2, 0) is 16.3 Å². The van der Waals surface area contributed by atoms with Gasteiger partial charge < -0.3 is 5.32 Å². The Morgan fingerprint density at radius 1 is 1.28 bits per heavy atom. The van der Waals surface area contributed by atoms with E-state index in [1.165, 1.54) is 11.8 Å². The van der Waals surface area contributed by atoms with Gasteiger partial charge in [0.2, 0.25) is 0 Å². The molecule has 0 amide bonds. The number of sulfone groups is 1. The first-order valence-electron chi connectivity index (χ1n) is 5.93. The number of benzene rings is 1. The summed E-state index contributed by atoms with van der Waals surface area (Å²) >= 11 is 1.84. The van der Waals surface area contributed by atoms with Crippen LogP contribution in [0.3, 0.4) is 0 Å². The SMILES string of the molecule is CSCCc1ccc(N[C@H](C)CS(C)(=O)=O)cc1. The second-order valence-corrected chi connectivity index (χ2v) is 7.75. The summed E-state index contributed by atoms with van der Waals surface area (Å²) in [5, 5.41) is 3.20. The minimum Gasteiger partial charge on any atom is -0.382 e. The fourth-order valence-electron chi connectivity index (χ4n) is 1.77. The van der Waals surface area contributed by atoms with Crippen molar-refractivity contribution in [1.82, 2.24) is 0 Å². The van der Waals surface area contributed by atoms with Crippen molar-refractivity contribution in [2.45, 2.75) is 19.4 Å². The summed E-state index contributed by atoms with van der Waals surface area (Å²) in [6.07, 6.45) is 4.43. The molecule has 0 unspecified atom stereocenters. The van der Waals surface area contributed by atoms with E-state index < -0.39 is 9.84 Å². The van der Waals surface area contributed by atoms with E-state index in [-0.39, 0.29) is 11.8 Å². The van der Waals surface area contributed by atoms with Crippen molar-refractivity contribution in [3.05, 3.63) is 29.8 Å². The maximum atomic E-state index is 11.2. The fraction of sp³-hybridized carbons (Fsp3) is 0.538. The number of anilines is 1. The fourth-order valence-corrected chi connectivity index (χ4v) is 3.20. The molecule has 1 aromatic carbocycles. The molecular weight excluding hydrogens is 266 g/mol. The zero-order valence-corrected chi connectivity index (χ0v) is 12.8. The van der Waals surface area contributed by atoms with Crippen molar-refractivity contribution in [2.24, 2.45) is 0 Å². The predicted molar refractivity (Wildman–Crippen MR) is 81.3 cm³/mol. The molecule has 0 bridgehead atoms. The van der Waals surface area contributed by atoms with Crippen molar-refractivity contribution >= 4 is 27.3 Å². The average Bonchev–Trinajstić information content (AvgIpc) is 2.25. The lowest BCUT2D eigenvalue weighted by Crippen LogP contribution is -2.24. The first-order valence-corrected chi connectivity index (χ1v) is 9.38. The Kier molecular flexibility index (Phi) is 6.02. The Bertz CT molecular complexity index is 454. The highest BCUT2D eigenvalue weighted by molar-refractivity contribution is 7.98. The summed E-state index contributed by atoms with van der Waals surface area (Å²) in [4.78, 5) is 0. The molecule has 0 saturated heterocycles. The molecule has 3 nitrogen and oxygen atoms in total. The zero-order chi connectivity index (χ0) is 13.6. The van der Waals surface area contributed by atoms with Crippen LogP contribution >= 0.6 is 11.8 Å². The highest BCUT2D eigenvalue weighted by atomic mass is 32.2. The quantitative estimate of drug-likeness (QED) is 0.836. The number of nitrogens with one attached hydrogen (secondary N) is 1. The minimum atomic E-state index is -2.93. The van der Waals surface area contributed by atoms with E-state index in [9.17, 15) is 8.42 Å². The van der Waals surface area contributed by atoms with Crippen molar-refractivity contribution in [2.75, 3.05) is 29.3 Å². The van der Waals surface area contributed by atoms with E-state index in [0.29, 0.717) is 0 Å². The van der Waals surface area contributed by atoms with Gasteiger partial charge >= 0.3 is 0 Å². The van der Waals surface area contributed by atoms with Gasteiger partial charge in [0.25, 0.3) is 0 Å². The Hall–Kier alpha value is -0.680. The molecule has 0 radical (unpaired) electrons. The number of hydrogen-bond acceptors (Lipinski definition) is 4. The van der Waals surface area contributed by atoms with Gasteiger partial charge in [-0.1, -0.05) is 12.1 Å². The summed E-state index contributed by atoms with van der Waals surface area (Å²) in [6.45, 7) is 1.88. The van der Waals surface area contributed by atoms with Gasteiger partial charge in [-0.25, -0.2) is 8.42 Å². The van der Waals surface area contributed by atoms with Crippen LogP contribution in [0.25, 0.3) is 0 Å². The maximum absolute atomic E-state index is 11.2. The minimum absolute atomic E-state index is 0.0722. The molecule has 1 N–H and O–H groups in total. The van der Waals surface area contributed by atoms with E-state index in [1.54, 1.807) is 0 Å². The third kappa shape index (κ3) is 6.31. The molecular formula is C13H21NO2S2. The second kappa shape index (κ2) is 7.04. The van der Waals surface area contributed by atoms with Crippen molar-refractivity contribution in [1.29, 1.82) is 0 Å². The predicted octanol–water partition coefficient (Wildman–Crippen LogP) is 2.44. The summed E-state index contributed by atoms with van der Waals surface area (Å²) < 4.78 is 22.3. The van der Waals surface area contributed by atoms with Gasteiger partial charge in [0.1, 0.15) is 9.84 Å². The Balaban J connectivity index is 2.53. The van der Waals surface area contributed by atoms with Crippen LogP contribution in [0.1, 0.15) is 12.5 Å². The van der Waals surface area contributed by atoms with Crippen LogP contribution in [0.15, 0.2) is 24.3 Å². The van der Waals surface area contributed by atoms with Gasteiger partial charge in [-0.15, -0.1) is 0 Å². The number of aryl methyl sites for hydroxylation is 1. The molecule has 18 heavy (non-hydrogen) atoms. The van der Waals surface area contributed by atoms with Gasteiger partial charge in [-0.2, -0.15) is 11.8 Å². The molecule has 0 spiro atoms. The highest BCUT2D eigenvalue weighted by Crippen LogP contribution is 2.12. The van der Waals surface area contributed by atoms with Crippen LogP contribution in [0, 0.1) is 0 Å². The molecule has 0 aliphatic heterocycles. The average molecular weight is 287 g/mol. The Morgan fingerprint density at radius 2 is 1.89 bits per heavy atom. The highest BCUT2D eigenvalue weighted by Gasteiger charge is 2.09. The summed E-state index contributed by atoms with van der Waals surface area (Å²) in [6, 6.07) is 8.12. The third-order valence-electron chi connectivity index (χ3n) is 2.51. The molecule has 0 aliphatic carbocycles. The lowest BCUT2D eigenvalue weighted by molar-refractivity contribution is 0.598. The molecule has 102 valence electrons. The first kappa shape index (κ1) is 15.4. The van der Waals surface area contributed by atoms with Crippen LogP contribution in [0.2, 0.25) is 0 Å². The van der Waals surface area contributed by atoms with E-state index in [0.717, 1.165) is 17.9 Å². The van der Waals surface area contributed by atoms with Crippen LogP contribution < -0.4 is 5.32 Å². The smallest absolute Gasteiger partial charge is 0.149 e. The van der Waals surface area contributed by atoms with Crippen LogP contribution in [-0.4, -0.2) is 38.5 Å². The monoisotopic (exact) mass is 287 g/mol. The topological polar surface area (TPSA) is 46.2 Å². The summed E-state index contributed by atoms with van der Waals surface area (Å²) in [5.74, 6) is 1.28. The van der Waals surface area contributed by atoms with Crippen molar-refractivity contribution in [3.63, 3.8) is 0 Å². The van der Waals surface area contributed by atoms with Crippen LogP contribution in [0.4, 0.5) is 5.69 Å². The maximum Gasteiger partial charge on any atom is 0.149 e. The van der Waals surface area contributed by atoms with Crippen molar-refractivity contribution < 1.29 is 8.42 Å². The van der Waals surface area contributed by atoms with E-state index in [2.05, 4.69) is 23.7 Å². The van der Waals surface area contributed by atoms with Gasteiger partial charge in [-0.3, -0.25) is 0 Å². The summed E-state index contributed by atoms with van der Waals surface area (Å²) in [7, 11) is -2.93. The summed E-state index contributed by atoms with van der Waals surface area (Å²) in [5.41, 5.74) is 2.28. The third-order valence-corrected chi connectivity index (χ3v) is 4.23. The molecule has 0 heterocycles. The lowest BCUT2D eigenvalue weighted by atomic mass is 10.1. The largest absolute Gasteiger partial charge is 0.382 e. The molecule has 0 aromatic heterocycles. The van der Waals surface area contributed by atoms with E-state index >= 15 is 0 Å². The normalized spacial score (nSPS) is 13.3. The molecule has 5 heteroatoms. The molecule has 0 saturated carbocycles. The Labute approximate surface area is 114 Å². The molecule has 0 aliphatic rings. The van der Waals surface area contributed by atoms with Crippen molar-refractivity contribution in [3.8, 4) is 0 Å². The standard InChI is InChI=1S/C13H21NO2S2/c1-11(10-18(3,15)16)14-13-6-4-12(5-7-13)8-9-17-2/h4-7,11,14H,8-10H2,1-3H3/t11-/m1/s1. The number of hydrogen-bond donors (Lipinski definition) is 1. The molecule has 0 fully saturated rings. The lowest BCUT2D eigenvalue weighted by Gasteiger charge is -2.14. The van der Waals surface area contributed by atoms with Gasteiger partial charge in [-0.05, 0) is 43.0 Å². The molecule has 1 atom stereocenters. The number of thioether (sulfide) groups is 1. The van der Waals surface area contributed by atoms with Gasteiger partial charge in [0.05, 0.1) is 5.75 Å².